The van der Waals surface area contributed by atoms with Gasteiger partial charge in [0.2, 0.25) is 0 Å². The van der Waals surface area contributed by atoms with Gasteiger partial charge in [0.15, 0.2) is 23.5 Å². The molecule has 0 N–H and O–H groups in total. The van der Waals surface area contributed by atoms with Crippen molar-refractivity contribution in [2.45, 2.75) is 37.0 Å². The number of rotatable bonds is 2. The predicted molar refractivity (Wildman–Crippen MR) is 91.3 cm³/mol. The number of ketones is 1. The molecule has 0 radical (unpaired) electrons. The number of hydrogen-bond acceptors (Lipinski definition) is 2. The highest BCUT2D eigenvalue weighted by Crippen LogP contribution is 2.53. The summed E-state index contributed by atoms with van der Waals surface area (Å²) >= 11 is 0. The first-order valence-electron chi connectivity index (χ1n) is 9.08. The third-order valence-electron chi connectivity index (χ3n) is 5.95. The van der Waals surface area contributed by atoms with Crippen LogP contribution in [0.15, 0.2) is 36.4 Å². The van der Waals surface area contributed by atoms with Crippen LogP contribution in [-0.4, -0.2) is 18.6 Å². The molecule has 0 unspecified atom stereocenters. The highest BCUT2D eigenvalue weighted by Gasteiger charge is 2.55. The summed E-state index contributed by atoms with van der Waals surface area (Å²) in [5.41, 5.74) is -1.89. The molecule has 154 valence electrons. The van der Waals surface area contributed by atoms with E-state index < -0.39 is 46.7 Å². The van der Waals surface area contributed by atoms with E-state index >= 15 is 0 Å². The van der Waals surface area contributed by atoms with Crippen LogP contribution >= 0.6 is 0 Å². The molecule has 1 aliphatic carbocycles. The summed E-state index contributed by atoms with van der Waals surface area (Å²) in [6.07, 6.45) is -6.60. The Labute approximate surface area is 162 Å². The lowest BCUT2D eigenvalue weighted by atomic mass is 9.58. The van der Waals surface area contributed by atoms with Crippen LogP contribution in [0.1, 0.15) is 29.5 Å². The number of carbonyl (C=O) groups is 1. The first kappa shape index (κ1) is 19.8. The fourth-order valence-electron chi connectivity index (χ4n) is 4.52. The van der Waals surface area contributed by atoms with Crippen LogP contribution in [0.2, 0.25) is 0 Å². The van der Waals surface area contributed by atoms with Crippen molar-refractivity contribution < 1.29 is 35.9 Å². The van der Waals surface area contributed by atoms with Gasteiger partial charge in [-0.3, -0.25) is 4.79 Å². The van der Waals surface area contributed by atoms with Gasteiger partial charge in [-0.15, -0.1) is 0 Å². The zero-order valence-electron chi connectivity index (χ0n) is 15.0. The second-order valence-corrected chi connectivity index (χ2v) is 7.55. The van der Waals surface area contributed by atoms with Gasteiger partial charge in [0.1, 0.15) is 5.82 Å². The van der Waals surface area contributed by atoms with E-state index in [4.69, 9.17) is 4.74 Å². The molecule has 2 aromatic rings. The largest absolute Gasteiger partial charge is 0.490 e. The second-order valence-electron chi connectivity index (χ2n) is 7.55. The Hall–Kier alpha value is -2.51. The lowest BCUT2D eigenvalue weighted by Gasteiger charge is -2.49. The molecule has 2 nitrogen and oxygen atoms in total. The Kier molecular flexibility index (Phi) is 4.63. The molecule has 1 aliphatic heterocycles. The highest BCUT2D eigenvalue weighted by atomic mass is 19.4. The van der Waals surface area contributed by atoms with Gasteiger partial charge in [-0.2, -0.15) is 13.2 Å². The van der Waals surface area contributed by atoms with Crippen LogP contribution in [0.4, 0.5) is 26.3 Å². The molecular weight excluding hydrogens is 398 g/mol. The molecule has 1 heterocycles. The molecule has 0 amide bonds. The van der Waals surface area contributed by atoms with E-state index in [1.807, 2.05) is 0 Å². The zero-order valence-corrected chi connectivity index (χ0v) is 15.0. The van der Waals surface area contributed by atoms with Crippen molar-refractivity contribution in [2.75, 3.05) is 6.61 Å². The van der Waals surface area contributed by atoms with Crippen molar-refractivity contribution in [1.82, 2.24) is 0 Å². The van der Waals surface area contributed by atoms with Crippen molar-refractivity contribution in [3.63, 3.8) is 0 Å². The zero-order chi connectivity index (χ0) is 21.0. The SMILES string of the molecule is O=C1CC[C@@]2(Cc3ccc(C(F)(F)F)cc3)c3c(F)ccc(F)c3OC[C@H]2[C@@H]1F. The fraction of sp³-hybridized carbons (Fsp3) is 0.381. The number of alkyl halides is 4. The molecule has 0 bridgehead atoms. The third kappa shape index (κ3) is 3.18. The van der Waals surface area contributed by atoms with Crippen LogP contribution in [0.3, 0.4) is 0 Å². The first-order valence-corrected chi connectivity index (χ1v) is 9.08. The van der Waals surface area contributed by atoms with Crippen LogP contribution < -0.4 is 4.74 Å². The quantitative estimate of drug-likeness (QED) is 0.634. The lowest BCUT2D eigenvalue weighted by Crippen LogP contribution is -2.54. The van der Waals surface area contributed by atoms with Crippen molar-refractivity contribution in [1.29, 1.82) is 0 Å². The third-order valence-corrected chi connectivity index (χ3v) is 5.95. The molecule has 8 heteroatoms. The molecule has 0 saturated heterocycles. The maximum absolute atomic E-state index is 14.8. The molecule has 3 atom stereocenters. The van der Waals surface area contributed by atoms with Crippen LogP contribution in [0, 0.1) is 17.6 Å². The summed E-state index contributed by atoms with van der Waals surface area (Å²) in [5, 5.41) is 0. The van der Waals surface area contributed by atoms with Crippen LogP contribution in [-0.2, 0) is 22.8 Å². The maximum atomic E-state index is 14.8. The molecule has 0 aromatic heterocycles. The number of ether oxygens (including phenoxy) is 1. The molecule has 2 aliphatic rings. The molecule has 1 saturated carbocycles. The fourth-order valence-corrected chi connectivity index (χ4v) is 4.52. The number of Topliss-reactive ketones (excluding diaryl/α,β-unsaturated/α-hetero) is 1. The monoisotopic (exact) mass is 414 g/mol. The minimum Gasteiger partial charge on any atom is -0.490 e. The van der Waals surface area contributed by atoms with Crippen LogP contribution in [0.5, 0.6) is 5.75 Å². The molecule has 4 rings (SSSR count). The van der Waals surface area contributed by atoms with Crippen molar-refractivity contribution in [3.8, 4) is 5.75 Å². The van der Waals surface area contributed by atoms with Gasteiger partial charge in [0.25, 0.3) is 0 Å². The smallest absolute Gasteiger partial charge is 0.416 e. The standard InChI is InChI=1S/C21H16F6O2/c22-14-5-6-15(23)19-17(14)20(8-7-16(28)18(24)13(20)10-29-19)9-11-1-3-12(4-2-11)21(25,26)27/h1-6,13,18H,7-10H2/t13-,18-,20-/m0/s1. The number of carbonyl (C=O) groups excluding carboxylic acids is 1. The highest BCUT2D eigenvalue weighted by molar-refractivity contribution is 5.85. The summed E-state index contributed by atoms with van der Waals surface area (Å²) < 4.78 is 87.7. The maximum Gasteiger partial charge on any atom is 0.416 e. The Morgan fingerprint density at radius 2 is 1.69 bits per heavy atom. The summed E-state index contributed by atoms with van der Waals surface area (Å²) in [6, 6.07) is 6.09. The predicted octanol–water partition coefficient (Wildman–Crippen LogP) is 5.17. The number of benzene rings is 2. The van der Waals surface area contributed by atoms with Crippen molar-refractivity contribution in [2.24, 2.45) is 5.92 Å². The minimum atomic E-state index is -4.51. The molecule has 0 spiro atoms. The average molecular weight is 414 g/mol. The van der Waals surface area contributed by atoms with Crippen molar-refractivity contribution in [3.05, 3.63) is 64.7 Å². The Morgan fingerprint density at radius 3 is 2.34 bits per heavy atom. The summed E-state index contributed by atoms with van der Waals surface area (Å²) in [4.78, 5) is 11.9. The molecule has 2 aromatic carbocycles. The number of hydrogen-bond donors (Lipinski definition) is 0. The molecule has 1 fully saturated rings. The van der Waals surface area contributed by atoms with E-state index in [9.17, 15) is 31.1 Å². The summed E-state index contributed by atoms with van der Waals surface area (Å²) in [7, 11) is 0. The van der Waals surface area contributed by atoms with Gasteiger partial charge in [0.05, 0.1) is 12.2 Å². The van der Waals surface area contributed by atoms with E-state index in [2.05, 4.69) is 0 Å². The summed E-state index contributed by atoms with van der Waals surface area (Å²) in [5.74, 6) is -3.62. The van der Waals surface area contributed by atoms with E-state index in [1.165, 1.54) is 12.1 Å². The van der Waals surface area contributed by atoms with Crippen LogP contribution in [0.25, 0.3) is 0 Å². The normalized spacial score (nSPS) is 26.5. The van der Waals surface area contributed by atoms with Gasteiger partial charge in [-0.05, 0) is 42.7 Å². The Bertz CT molecular complexity index is 953. The van der Waals surface area contributed by atoms with Gasteiger partial charge in [-0.25, -0.2) is 13.2 Å². The van der Waals surface area contributed by atoms with Gasteiger partial charge < -0.3 is 4.74 Å². The van der Waals surface area contributed by atoms with E-state index in [1.54, 1.807) is 0 Å². The first-order chi connectivity index (χ1) is 13.6. The summed E-state index contributed by atoms with van der Waals surface area (Å²) in [6.45, 7) is -0.319. The van der Waals surface area contributed by atoms with Gasteiger partial charge in [-0.1, -0.05) is 12.1 Å². The van der Waals surface area contributed by atoms with Gasteiger partial charge in [0, 0.05) is 23.3 Å². The van der Waals surface area contributed by atoms with E-state index in [0.717, 1.165) is 24.3 Å². The lowest BCUT2D eigenvalue weighted by molar-refractivity contribution is -0.137. The number of halogens is 6. The minimum absolute atomic E-state index is 0.0414. The van der Waals surface area contributed by atoms with Gasteiger partial charge >= 0.3 is 6.18 Å². The molecular formula is C21H16F6O2. The van der Waals surface area contributed by atoms with E-state index in [-0.39, 0.29) is 37.2 Å². The topological polar surface area (TPSA) is 26.3 Å². The second kappa shape index (κ2) is 6.78. The number of fused-ring (bicyclic) bond motifs is 3. The van der Waals surface area contributed by atoms with E-state index in [0.29, 0.717) is 5.56 Å². The Morgan fingerprint density at radius 1 is 1.03 bits per heavy atom. The van der Waals surface area contributed by atoms with Crippen molar-refractivity contribution >= 4 is 5.78 Å². The average Bonchev–Trinajstić information content (AvgIpc) is 2.67. The molecule has 29 heavy (non-hydrogen) atoms. The Balaban J connectivity index is 1.83.